The van der Waals surface area contributed by atoms with Gasteiger partial charge in [-0.05, 0) is 48.9 Å². The fourth-order valence-corrected chi connectivity index (χ4v) is 2.24. The molecule has 1 amide bonds. The number of carbonyl (C=O) groups is 1. The molecule has 0 spiro atoms. The van der Waals surface area contributed by atoms with Gasteiger partial charge in [0, 0.05) is 16.3 Å². The monoisotopic (exact) mass is 331 g/mol. The van der Waals surface area contributed by atoms with Gasteiger partial charge in [0.1, 0.15) is 0 Å². The number of hydrogen-bond acceptors (Lipinski definition) is 3. The van der Waals surface area contributed by atoms with Crippen LogP contribution < -0.4 is 14.8 Å². The Balaban J connectivity index is 2.17. The van der Waals surface area contributed by atoms with Crippen molar-refractivity contribution in [3.05, 3.63) is 58.6 Å². The molecule has 2 rings (SSSR count). The van der Waals surface area contributed by atoms with E-state index in [1.54, 1.807) is 57.6 Å². The molecule has 0 aliphatic rings. The lowest BCUT2D eigenvalue weighted by atomic mass is 10.1. The lowest BCUT2D eigenvalue weighted by Crippen LogP contribution is -2.12. The summed E-state index contributed by atoms with van der Waals surface area (Å²) in [4.78, 5) is 12.2. The molecule has 0 atom stereocenters. The molecule has 120 valence electrons. The third-order valence-corrected chi connectivity index (χ3v) is 3.47. The number of ether oxygens (including phenoxy) is 2. The van der Waals surface area contributed by atoms with Crippen molar-refractivity contribution in [1.29, 1.82) is 0 Å². The Labute approximate surface area is 140 Å². The first kappa shape index (κ1) is 16.9. The fourth-order valence-electron chi connectivity index (χ4n) is 2.05. The van der Waals surface area contributed by atoms with E-state index in [0.717, 1.165) is 5.56 Å². The van der Waals surface area contributed by atoms with Gasteiger partial charge in [-0.25, -0.2) is 0 Å². The normalized spacial score (nSPS) is 11.0. The molecule has 4 nitrogen and oxygen atoms in total. The maximum absolute atomic E-state index is 12.2. The molecule has 0 aliphatic carbocycles. The van der Waals surface area contributed by atoms with E-state index < -0.39 is 0 Å². The molecular weight excluding hydrogens is 314 g/mol. The quantitative estimate of drug-likeness (QED) is 0.826. The Hall–Kier alpha value is -2.46. The second-order valence-corrected chi connectivity index (χ2v) is 5.34. The minimum absolute atomic E-state index is 0.193. The second-order valence-electron chi connectivity index (χ2n) is 4.91. The Morgan fingerprint density at radius 2 is 1.83 bits per heavy atom. The Morgan fingerprint density at radius 1 is 1.09 bits per heavy atom. The molecule has 0 heterocycles. The number of rotatable bonds is 5. The number of methoxy groups -OCH3 is 2. The van der Waals surface area contributed by atoms with Gasteiger partial charge < -0.3 is 14.8 Å². The van der Waals surface area contributed by atoms with E-state index in [9.17, 15) is 4.79 Å². The highest BCUT2D eigenvalue weighted by Gasteiger charge is 2.07. The van der Waals surface area contributed by atoms with Crippen LogP contribution in [0.3, 0.4) is 0 Å². The summed E-state index contributed by atoms with van der Waals surface area (Å²) in [5.41, 5.74) is 2.07. The van der Waals surface area contributed by atoms with Crippen molar-refractivity contribution in [2.75, 3.05) is 19.5 Å². The van der Waals surface area contributed by atoms with Crippen LogP contribution >= 0.6 is 11.6 Å². The highest BCUT2D eigenvalue weighted by molar-refractivity contribution is 6.31. The molecule has 0 aliphatic heterocycles. The molecule has 0 radical (unpaired) electrons. The molecule has 0 bridgehead atoms. The summed E-state index contributed by atoms with van der Waals surface area (Å²) in [6.45, 7) is 1.75. The van der Waals surface area contributed by atoms with Gasteiger partial charge in [-0.15, -0.1) is 0 Å². The summed E-state index contributed by atoms with van der Waals surface area (Å²) in [7, 11) is 3.15. The third-order valence-electron chi connectivity index (χ3n) is 3.23. The van der Waals surface area contributed by atoms with Gasteiger partial charge in [0.25, 0.3) is 5.91 Å². The maximum Gasteiger partial charge on any atom is 0.251 e. The largest absolute Gasteiger partial charge is 0.493 e. The average molecular weight is 332 g/mol. The van der Waals surface area contributed by atoms with Crippen LogP contribution in [0.4, 0.5) is 5.69 Å². The lowest BCUT2D eigenvalue weighted by Gasteiger charge is -2.09. The van der Waals surface area contributed by atoms with Crippen LogP contribution in [0.1, 0.15) is 12.5 Å². The van der Waals surface area contributed by atoms with Crippen LogP contribution in [0.2, 0.25) is 5.02 Å². The summed E-state index contributed by atoms with van der Waals surface area (Å²) in [6, 6.07) is 12.5. The molecule has 23 heavy (non-hydrogen) atoms. The van der Waals surface area contributed by atoms with Crippen LogP contribution in [-0.4, -0.2) is 20.1 Å². The number of amides is 1. The van der Waals surface area contributed by atoms with Crippen LogP contribution in [0.15, 0.2) is 48.0 Å². The summed E-state index contributed by atoms with van der Waals surface area (Å²) in [6.07, 6.45) is 1.78. The third kappa shape index (κ3) is 4.50. The minimum atomic E-state index is -0.193. The van der Waals surface area contributed by atoms with E-state index in [2.05, 4.69) is 5.32 Å². The Bertz CT molecular complexity index is 741. The molecule has 0 saturated heterocycles. The van der Waals surface area contributed by atoms with Crippen molar-refractivity contribution in [2.24, 2.45) is 0 Å². The summed E-state index contributed by atoms with van der Waals surface area (Å²) < 4.78 is 10.5. The van der Waals surface area contributed by atoms with E-state index in [1.807, 2.05) is 12.1 Å². The van der Waals surface area contributed by atoms with E-state index >= 15 is 0 Å². The van der Waals surface area contributed by atoms with Crippen molar-refractivity contribution in [1.82, 2.24) is 0 Å². The Kier molecular flexibility index (Phi) is 5.66. The highest BCUT2D eigenvalue weighted by atomic mass is 35.5. The minimum Gasteiger partial charge on any atom is -0.493 e. The van der Waals surface area contributed by atoms with Gasteiger partial charge in [0.2, 0.25) is 0 Å². The predicted molar refractivity (Wildman–Crippen MR) is 93.3 cm³/mol. The van der Waals surface area contributed by atoms with Crippen LogP contribution in [0.25, 0.3) is 6.08 Å². The van der Waals surface area contributed by atoms with Gasteiger partial charge in [0.05, 0.1) is 14.2 Å². The van der Waals surface area contributed by atoms with Crippen molar-refractivity contribution >= 4 is 29.3 Å². The molecule has 0 aromatic heterocycles. The van der Waals surface area contributed by atoms with E-state index in [0.29, 0.717) is 27.8 Å². The molecule has 2 aromatic rings. The molecule has 2 aromatic carbocycles. The zero-order valence-corrected chi connectivity index (χ0v) is 14.0. The number of carbonyl (C=O) groups excluding carboxylic acids is 1. The first-order chi connectivity index (χ1) is 11.0. The molecule has 0 fully saturated rings. The molecule has 1 N–H and O–H groups in total. The number of hydrogen-bond donors (Lipinski definition) is 1. The second kappa shape index (κ2) is 7.70. The van der Waals surface area contributed by atoms with Gasteiger partial charge in [0.15, 0.2) is 11.5 Å². The van der Waals surface area contributed by atoms with Crippen molar-refractivity contribution in [2.45, 2.75) is 6.92 Å². The SMILES string of the molecule is COc1ccc(/C=C(\C)C(=O)Nc2cccc(Cl)c2)cc1OC. The Morgan fingerprint density at radius 3 is 2.48 bits per heavy atom. The van der Waals surface area contributed by atoms with E-state index in [4.69, 9.17) is 21.1 Å². The van der Waals surface area contributed by atoms with Crippen molar-refractivity contribution in [3.63, 3.8) is 0 Å². The van der Waals surface area contributed by atoms with Crippen LogP contribution in [0, 0.1) is 0 Å². The van der Waals surface area contributed by atoms with Gasteiger partial charge in [-0.1, -0.05) is 23.7 Å². The van der Waals surface area contributed by atoms with E-state index in [1.165, 1.54) is 0 Å². The first-order valence-electron chi connectivity index (χ1n) is 7.00. The number of anilines is 1. The van der Waals surface area contributed by atoms with E-state index in [-0.39, 0.29) is 5.91 Å². The predicted octanol–water partition coefficient (Wildman–Crippen LogP) is 4.40. The molecule has 0 unspecified atom stereocenters. The maximum atomic E-state index is 12.2. The standard InChI is InChI=1S/C18H18ClNO3/c1-12(18(21)20-15-6-4-5-14(19)11-15)9-13-7-8-16(22-2)17(10-13)23-3/h4-11H,1-3H3,(H,20,21)/b12-9+. The number of nitrogens with one attached hydrogen (secondary N) is 1. The van der Waals surface area contributed by atoms with Crippen molar-refractivity contribution < 1.29 is 14.3 Å². The summed E-state index contributed by atoms with van der Waals surface area (Å²) in [5.74, 6) is 1.07. The smallest absolute Gasteiger partial charge is 0.251 e. The number of benzene rings is 2. The fraction of sp³-hybridized carbons (Fsp3) is 0.167. The zero-order valence-electron chi connectivity index (χ0n) is 13.2. The van der Waals surface area contributed by atoms with Crippen LogP contribution in [0.5, 0.6) is 11.5 Å². The van der Waals surface area contributed by atoms with Crippen LogP contribution in [-0.2, 0) is 4.79 Å². The van der Waals surface area contributed by atoms with Gasteiger partial charge >= 0.3 is 0 Å². The van der Waals surface area contributed by atoms with Gasteiger partial charge in [-0.2, -0.15) is 0 Å². The zero-order chi connectivity index (χ0) is 16.8. The first-order valence-corrected chi connectivity index (χ1v) is 7.38. The topological polar surface area (TPSA) is 47.6 Å². The molecule has 5 heteroatoms. The lowest BCUT2D eigenvalue weighted by molar-refractivity contribution is -0.112. The summed E-state index contributed by atoms with van der Waals surface area (Å²) >= 11 is 5.91. The highest BCUT2D eigenvalue weighted by Crippen LogP contribution is 2.28. The van der Waals surface area contributed by atoms with Crippen molar-refractivity contribution in [3.8, 4) is 11.5 Å². The summed E-state index contributed by atoms with van der Waals surface area (Å²) in [5, 5.41) is 3.38. The molecular formula is C18H18ClNO3. The number of halogens is 1. The molecule has 0 saturated carbocycles. The average Bonchev–Trinajstić information content (AvgIpc) is 2.54. The van der Waals surface area contributed by atoms with Gasteiger partial charge in [-0.3, -0.25) is 4.79 Å².